The average Bonchev–Trinajstić information content (AvgIpc) is 3.61. The van der Waals surface area contributed by atoms with E-state index in [4.69, 9.17) is 4.74 Å². The van der Waals surface area contributed by atoms with Crippen LogP contribution >= 0.6 is 0 Å². The highest BCUT2D eigenvalue weighted by Gasteiger charge is 2.48. The van der Waals surface area contributed by atoms with E-state index in [2.05, 4.69) is 31.4 Å². The Bertz CT molecular complexity index is 1090. The van der Waals surface area contributed by atoms with E-state index in [9.17, 15) is 14.4 Å². The second kappa shape index (κ2) is 13.6. The summed E-state index contributed by atoms with van der Waals surface area (Å²) < 4.78 is 5.52. The summed E-state index contributed by atoms with van der Waals surface area (Å²) in [5.41, 5.74) is 2.13. The van der Waals surface area contributed by atoms with Crippen molar-refractivity contribution in [2.24, 2.45) is 5.92 Å². The molecule has 1 aliphatic rings. The van der Waals surface area contributed by atoms with Gasteiger partial charge in [0.1, 0.15) is 17.7 Å². The largest absolute Gasteiger partial charge is 0.444 e. The molecule has 2 N–H and O–H groups in total. The van der Waals surface area contributed by atoms with Gasteiger partial charge in [-0.1, -0.05) is 81.8 Å². The summed E-state index contributed by atoms with van der Waals surface area (Å²) >= 11 is 0. The lowest BCUT2D eigenvalue weighted by atomic mass is 9.98. The van der Waals surface area contributed by atoms with Gasteiger partial charge in [0.2, 0.25) is 11.8 Å². The third-order valence-electron chi connectivity index (χ3n) is 7.01. The molecule has 0 radical (unpaired) electrons. The number of benzene rings is 2. The van der Waals surface area contributed by atoms with Gasteiger partial charge < -0.3 is 20.3 Å². The van der Waals surface area contributed by atoms with E-state index in [1.807, 2.05) is 54.6 Å². The number of nitrogens with one attached hydrogen (secondary N) is 2. The minimum atomic E-state index is -0.893. The highest BCUT2D eigenvalue weighted by Crippen LogP contribution is 2.41. The van der Waals surface area contributed by atoms with Crippen LogP contribution in [-0.2, 0) is 27.2 Å². The Labute approximate surface area is 233 Å². The molecular formula is C32H45N3O4. The zero-order valence-corrected chi connectivity index (χ0v) is 24.3. The maximum absolute atomic E-state index is 14.4. The van der Waals surface area contributed by atoms with Crippen LogP contribution in [0, 0.1) is 5.92 Å². The summed E-state index contributed by atoms with van der Waals surface area (Å²) in [6.07, 6.45) is 3.14. The molecule has 7 heteroatoms. The molecule has 0 saturated heterocycles. The van der Waals surface area contributed by atoms with Crippen LogP contribution in [0.25, 0.3) is 0 Å². The quantitative estimate of drug-likeness (QED) is 0.348. The first kappa shape index (κ1) is 30.2. The summed E-state index contributed by atoms with van der Waals surface area (Å²) in [6.45, 7) is 12.2. The molecule has 2 aromatic rings. The molecule has 0 bridgehead atoms. The Morgan fingerprint density at radius 2 is 1.64 bits per heavy atom. The highest BCUT2D eigenvalue weighted by molar-refractivity contribution is 5.92. The average molecular weight is 536 g/mol. The fourth-order valence-electron chi connectivity index (χ4n) is 4.71. The normalized spacial score (nSPS) is 18.0. The lowest BCUT2D eigenvalue weighted by Gasteiger charge is -2.35. The minimum absolute atomic E-state index is 0.0935. The molecule has 4 atom stereocenters. The molecular weight excluding hydrogens is 490 g/mol. The van der Waals surface area contributed by atoms with E-state index in [1.165, 1.54) is 0 Å². The molecule has 2 aromatic carbocycles. The maximum Gasteiger partial charge on any atom is 0.408 e. The number of unbranched alkanes of at least 4 members (excludes halogenated alkanes) is 1. The van der Waals surface area contributed by atoms with Gasteiger partial charge in [0.15, 0.2) is 0 Å². The highest BCUT2D eigenvalue weighted by atomic mass is 16.6. The van der Waals surface area contributed by atoms with Crippen LogP contribution in [-0.4, -0.2) is 47.0 Å². The lowest BCUT2D eigenvalue weighted by molar-refractivity contribution is -0.143. The Morgan fingerprint density at radius 1 is 1.00 bits per heavy atom. The van der Waals surface area contributed by atoms with Crippen molar-refractivity contribution in [2.75, 3.05) is 6.54 Å². The molecule has 7 nitrogen and oxygen atoms in total. The number of hydrogen-bond donors (Lipinski definition) is 2. The first-order chi connectivity index (χ1) is 18.5. The van der Waals surface area contributed by atoms with Crippen molar-refractivity contribution in [3.05, 3.63) is 71.3 Å². The van der Waals surface area contributed by atoms with Crippen molar-refractivity contribution < 1.29 is 19.1 Å². The topological polar surface area (TPSA) is 87.7 Å². The Morgan fingerprint density at radius 3 is 2.18 bits per heavy atom. The van der Waals surface area contributed by atoms with Crippen molar-refractivity contribution in [1.82, 2.24) is 15.5 Å². The first-order valence-electron chi connectivity index (χ1n) is 14.3. The second-order valence-electron chi connectivity index (χ2n) is 11.6. The van der Waals surface area contributed by atoms with E-state index in [0.29, 0.717) is 6.54 Å². The molecule has 1 aliphatic carbocycles. The molecule has 3 amide bonds. The van der Waals surface area contributed by atoms with Gasteiger partial charge in [-0.15, -0.1) is 0 Å². The summed E-state index contributed by atoms with van der Waals surface area (Å²) in [5, 5.41) is 5.89. The van der Waals surface area contributed by atoms with Gasteiger partial charge in [0.25, 0.3) is 0 Å². The number of carbonyl (C=O) groups is 3. The number of carbonyl (C=O) groups excluding carboxylic acids is 3. The third kappa shape index (κ3) is 8.84. The van der Waals surface area contributed by atoms with Crippen molar-refractivity contribution in [3.8, 4) is 0 Å². The van der Waals surface area contributed by atoms with E-state index in [0.717, 1.165) is 42.4 Å². The van der Waals surface area contributed by atoms with Gasteiger partial charge in [-0.2, -0.15) is 0 Å². The predicted octanol–water partition coefficient (Wildman–Crippen LogP) is 5.58. The molecule has 212 valence electrons. The summed E-state index contributed by atoms with van der Waals surface area (Å²) in [5.74, 6) is -0.223. The van der Waals surface area contributed by atoms with Crippen molar-refractivity contribution in [3.63, 3.8) is 0 Å². The standard InChI is InChI=1S/C32H45N3O4/c1-7-9-19-33-29(36)28(25-17-15-23(8-2)16-18-25)35(27-20-22(27)3)30(37)26(21-24-13-11-10-12-14-24)34-31(38)39-32(4,5)6/h10-18,22,26-28H,7-9,19-21H2,1-6H3,(H,33,36)(H,34,38). The van der Waals surface area contributed by atoms with Crippen LogP contribution in [0.3, 0.4) is 0 Å². The SMILES string of the molecule is CCCCNC(=O)C(c1ccc(CC)cc1)N(C(=O)C(Cc1ccccc1)NC(=O)OC(C)(C)C)C1CC1C. The fraction of sp³-hybridized carbons (Fsp3) is 0.531. The third-order valence-corrected chi connectivity index (χ3v) is 7.01. The van der Waals surface area contributed by atoms with Crippen LogP contribution in [0.15, 0.2) is 54.6 Å². The summed E-state index contributed by atoms with van der Waals surface area (Å²) in [6, 6.07) is 15.7. The Hall–Kier alpha value is -3.35. The monoisotopic (exact) mass is 535 g/mol. The van der Waals surface area contributed by atoms with Crippen LogP contribution < -0.4 is 10.6 Å². The maximum atomic E-state index is 14.4. The van der Waals surface area contributed by atoms with Gasteiger partial charge in [-0.05, 0) is 62.6 Å². The molecule has 1 fully saturated rings. The van der Waals surface area contributed by atoms with Gasteiger partial charge in [-0.25, -0.2) is 4.79 Å². The van der Waals surface area contributed by atoms with Crippen LogP contribution in [0.1, 0.15) is 83.5 Å². The van der Waals surface area contributed by atoms with Crippen LogP contribution in [0.5, 0.6) is 0 Å². The van der Waals surface area contributed by atoms with E-state index in [1.54, 1.807) is 25.7 Å². The van der Waals surface area contributed by atoms with Crippen LogP contribution in [0.4, 0.5) is 4.79 Å². The number of rotatable bonds is 12. The van der Waals surface area contributed by atoms with Crippen molar-refractivity contribution in [1.29, 1.82) is 0 Å². The number of nitrogens with zero attached hydrogens (tertiary/aromatic N) is 1. The predicted molar refractivity (Wildman–Crippen MR) is 154 cm³/mol. The molecule has 3 rings (SSSR count). The first-order valence-corrected chi connectivity index (χ1v) is 14.3. The molecule has 1 saturated carbocycles. The molecule has 0 aliphatic heterocycles. The van der Waals surface area contributed by atoms with Crippen LogP contribution in [0.2, 0.25) is 0 Å². The van der Waals surface area contributed by atoms with Crippen molar-refractivity contribution >= 4 is 17.9 Å². The number of amides is 3. The summed E-state index contributed by atoms with van der Waals surface area (Å²) in [7, 11) is 0. The number of ether oxygens (including phenoxy) is 1. The lowest BCUT2D eigenvalue weighted by Crippen LogP contribution is -2.54. The Kier molecular flexibility index (Phi) is 10.6. The molecule has 0 heterocycles. The van der Waals surface area contributed by atoms with Gasteiger partial charge in [0, 0.05) is 19.0 Å². The van der Waals surface area contributed by atoms with E-state index >= 15 is 0 Å². The molecule has 39 heavy (non-hydrogen) atoms. The number of hydrogen-bond acceptors (Lipinski definition) is 4. The number of alkyl carbamates (subject to hydrolysis) is 1. The van der Waals surface area contributed by atoms with Crippen molar-refractivity contribution in [2.45, 2.75) is 97.4 Å². The van der Waals surface area contributed by atoms with Gasteiger partial charge >= 0.3 is 6.09 Å². The fourth-order valence-corrected chi connectivity index (χ4v) is 4.71. The van der Waals surface area contributed by atoms with E-state index in [-0.39, 0.29) is 30.2 Å². The number of aryl methyl sites for hydroxylation is 1. The van der Waals surface area contributed by atoms with E-state index < -0.39 is 23.8 Å². The Balaban J connectivity index is 2.00. The molecule has 0 aromatic heterocycles. The zero-order chi connectivity index (χ0) is 28.6. The van der Waals surface area contributed by atoms with Gasteiger partial charge in [0.05, 0.1) is 0 Å². The zero-order valence-electron chi connectivity index (χ0n) is 24.3. The molecule has 0 spiro atoms. The molecule has 4 unspecified atom stereocenters. The second-order valence-corrected chi connectivity index (χ2v) is 11.6. The minimum Gasteiger partial charge on any atom is -0.444 e. The smallest absolute Gasteiger partial charge is 0.408 e. The summed E-state index contributed by atoms with van der Waals surface area (Å²) in [4.78, 5) is 42.7. The van der Waals surface area contributed by atoms with Gasteiger partial charge in [-0.3, -0.25) is 9.59 Å².